The Morgan fingerprint density at radius 2 is 1.97 bits per heavy atom. The Hall–Kier alpha value is -1.80. The smallest absolute Gasteiger partial charge is 0.243 e. The minimum Gasteiger partial charge on any atom is -0.375 e. The molecule has 0 amide bonds. The summed E-state index contributed by atoms with van der Waals surface area (Å²) in [4.78, 5) is 4.63. The Morgan fingerprint density at radius 1 is 1.21 bits per heavy atom. The van der Waals surface area contributed by atoms with Crippen LogP contribution in [0.1, 0.15) is 29.7 Å². The molecule has 1 unspecified atom stereocenters. The normalized spacial score (nSPS) is 21.4. The molecule has 2 aromatic rings. The van der Waals surface area contributed by atoms with Gasteiger partial charge in [0, 0.05) is 32.5 Å². The third-order valence-corrected chi connectivity index (χ3v) is 7.68. The van der Waals surface area contributed by atoms with E-state index in [4.69, 9.17) is 9.47 Å². The average Bonchev–Trinajstić information content (AvgIpc) is 3.08. The van der Waals surface area contributed by atoms with E-state index < -0.39 is 10.0 Å². The predicted octanol–water partition coefficient (Wildman–Crippen LogP) is 3.08. The molecule has 156 valence electrons. The largest absolute Gasteiger partial charge is 0.375 e. The molecule has 2 saturated heterocycles. The van der Waals surface area contributed by atoms with E-state index in [0.29, 0.717) is 43.7 Å². The van der Waals surface area contributed by atoms with Gasteiger partial charge in [0.05, 0.1) is 22.8 Å². The molecule has 0 radical (unpaired) electrons. The number of sulfonamides is 1. The fraction of sp³-hybridized carbons (Fsp3) is 0.500. The maximum Gasteiger partial charge on any atom is 0.243 e. The van der Waals surface area contributed by atoms with Gasteiger partial charge in [-0.15, -0.1) is 0 Å². The van der Waals surface area contributed by atoms with Crippen molar-refractivity contribution in [2.75, 3.05) is 26.3 Å². The summed E-state index contributed by atoms with van der Waals surface area (Å²) in [6.07, 6.45) is 3.58. The van der Waals surface area contributed by atoms with Crippen LogP contribution in [0, 0.1) is 19.8 Å². The second kappa shape index (κ2) is 8.14. The third kappa shape index (κ3) is 4.23. The lowest BCUT2D eigenvalue weighted by Gasteiger charge is -2.49. The van der Waals surface area contributed by atoms with Crippen LogP contribution in [0.3, 0.4) is 0 Å². The summed E-state index contributed by atoms with van der Waals surface area (Å²) in [5, 5.41) is 0. The highest BCUT2D eigenvalue weighted by Gasteiger charge is 2.56. The van der Waals surface area contributed by atoms with Gasteiger partial charge in [0.15, 0.2) is 0 Å². The molecular weight excluding hydrogens is 388 g/mol. The fourth-order valence-electron chi connectivity index (χ4n) is 4.38. The second-order valence-electron chi connectivity index (χ2n) is 8.16. The quantitative estimate of drug-likeness (QED) is 0.649. The zero-order chi connectivity index (χ0) is 20.5. The number of aromatic nitrogens is 1. The number of hydrogen-bond donors (Lipinski definition) is 0. The van der Waals surface area contributed by atoms with Crippen LogP contribution >= 0.6 is 0 Å². The predicted molar refractivity (Wildman–Crippen MR) is 110 cm³/mol. The fourth-order valence-corrected chi connectivity index (χ4v) is 6.12. The number of nitrogens with zero attached hydrogens (tertiary/aromatic N) is 2. The summed E-state index contributed by atoms with van der Waals surface area (Å²) in [6.45, 7) is 6.49. The lowest BCUT2D eigenvalue weighted by Crippen LogP contribution is -2.65. The maximum absolute atomic E-state index is 13.0. The molecule has 1 spiro atoms. The lowest BCUT2D eigenvalue weighted by molar-refractivity contribution is -0.106. The van der Waals surface area contributed by atoms with Crippen LogP contribution < -0.4 is 0 Å². The Morgan fingerprint density at radius 3 is 2.66 bits per heavy atom. The summed E-state index contributed by atoms with van der Waals surface area (Å²) in [5.41, 5.74) is 2.47. The van der Waals surface area contributed by atoms with Gasteiger partial charge in [-0.05, 0) is 68.0 Å². The minimum atomic E-state index is -3.48. The monoisotopic (exact) mass is 416 g/mol. The molecule has 2 fully saturated rings. The van der Waals surface area contributed by atoms with Crippen LogP contribution in [0.2, 0.25) is 0 Å². The summed E-state index contributed by atoms with van der Waals surface area (Å²) >= 11 is 0. The Bertz CT molecular complexity index is 936. The number of pyridine rings is 1. The van der Waals surface area contributed by atoms with Gasteiger partial charge < -0.3 is 9.47 Å². The topological polar surface area (TPSA) is 68.7 Å². The Labute approximate surface area is 172 Å². The summed E-state index contributed by atoms with van der Waals surface area (Å²) in [7, 11) is -3.48. The van der Waals surface area contributed by atoms with E-state index in [-0.39, 0.29) is 5.60 Å². The highest BCUT2D eigenvalue weighted by molar-refractivity contribution is 7.89. The first kappa shape index (κ1) is 20.5. The van der Waals surface area contributed by atoms with Crippen molar-refractivity contribution in [3.05, 3.63) is 59.4 Å². The van der Waals surface area contributed by atoms with Crippen molar-refractivity contribution in [3.8, 4) is 0 Å². The number of ether oxygens (including phenoxy) is 2. The molecule has 1 atom stereocenters. The molecule has 0 saturated carbocycles. The van der Waals surface area contributed by atoms with Crippen molar-refractivity contribution in [2.24, 2.45) is 5.92 Å². The highest BCUT2D eigenvalue weighted by atomic mass is 32.2. The maximum atomic E-state index is 13.0. The number of hydrogen-bond acceptors (Lipinski definition) is 5. The Kier molecular flexibility index (Phi) is 5.75. The molecule has 4 rings (SSSR count). The third-order valence-electron chi connectivity index (χ3n) is 5.91. The summed E-state index contributed by atoms with van der Waals surface area (Å²) in [6, 6.07) is 11.2. The molecule has 6 nitrogen and oxygen atoms in total. The molecule has 0 bridgehead atoms. The molecule has 3 heterocycles. The van der Waals surface area contributed by atoms with Gasteiger partial charge in [-0.3, -0.25) is 4.98 Å². The van der Waals surface area contributed by atoms with E-state index in [9.17, 15) is 8.42 Å². The van der Waals surface area contributed by atoms with Crippen LogP contribution in [-0.4, -0.2) is 49.6 Å². The SMILES string of the molecule is Cc1cc(C)cc(S(=O)(=O)N2CC3(C2)OCCC3CCOCc2ccccn2)c1. The minimum absolute atomic E-state index is 0.317. The lowest BCUT2D eigenvalue weighted by atomic mass is 9.80. The molecule has 0 N–H and O–H groups in total. The first-order chi connectivity index (χ1) is 13.9. The summed E-state index contributed by atoms with van der Waals surface area (Å²) in [5.74, 6) is 0.317. The van der Waals surface area contributed by atoms with Crippen molar-refractivity contribution in [1.29, 1.82) is 0 Å². The van der Waals surface area contributed by atoms with E-state index in [1.54, 1.807) is 22.6 Å². The van der Waals surface area contributed by atoms with E-state index in [1.165, 1.54) is 0 Å². The summed E-state index contributed by atoms with van der Waals surface area (Å²) < 4.78 is 39.4. The van der Waals surface area contributed by atoms with E-state index in [2.05, 4.69) is 4.98 Å². The van der Waals surface area contributed by atoms with E-state index >= 15 is 0 Å². The van der Waals surface area contributed by atoms with Crippen molar-refractivity contribution in [1.82, 2.24) is 9.29 Å². The molecule has 0 aliphatic carbocycles. The average molecular weight is 417 g/mol. The van der Waals surface area contributed by atoms with Crippen molar-refractivity contribution >= 4 is 10.0 Å². The van der Waals surface area contributed by atoms with Gasteiger partial charge in [0.1, 0.15) is 0 Å². The van der Waals surface area contributed by atoms with Crippen LogP contribution in [0.25, 0.3) is 0 Å². The van der Waals surface area contributed by atoms with Gasteiger partial charge >= 0.3 is 0 Å². The Balaban J connectivity index is 1.34. The first-order valence-electron chi connectivity index (χ1n) is 10.1. The van der Waals surface area contributed by atoms with Gasteiger partial charge in [0.2, 0.25) is 10.0 Å². The zero-order valence-corrected chi connectivity index (χ0v) is 17.8. The highest BCUT2D eigenvalue weighted by Crippen LogP contribution is 2.43. The van der Waals surface area contributed by atoms with E-state index in [1.807, 2.05) is 38.1 Å². The van der Waals surface area contributed by atoms with Crippen LogP contribution in [0.15, 0.2) is 47.5 Å². The number of aryl methyl sites for hydroxylation is 2. The standard InChI is InChI=1S/C22H28N2O4S/c1-17-11-18(2)13-21(12-17)29(25,26)24-15-22(16-24)19(7-10-28-22)6-9-27-14-20-5-3-4-8-23-20/h3-5,8,11-13,19H,6-7,9-10,14-16H2,1-2H3. The molecule has 7 heteroatoms. The van der Waals surface area contributed by atoms with Crippen molar-refractivity contribution < 1.29 is 17.9 Å². The van der Waals surface area contributed by atoms with Gasteiger partial charge in [0.25, 0.3) is 0 Å². The second-order valence-corrected chi connectivity index (χ2v) is 10.1. The van der Waals surface area contributed by atoms with Crippen molar-refractivity contribution in [3.63, 3.8) is 0 Å². The van der Waals surface area contributed by atoms with E-state index in [0.717, 1.165) is 29.7 Å². The van der Waals surface area contributed by atoms with Gasteiger partial charge in [-0.1, -0.05) is 12.1 Å². The number of benzene rings is 1. The molecule has 29 heavy (non-hydrogen) atoms. The molecule has 2 aliphatic heterocycles. The van der Waals surface area contributed by atoms with Gasteiger partial charge in [-0.2, -0.15) is 4.31 Å². The number of rotatable bonds is 7. The molecule has 2 aliphatic rings. The molecule has 1 aromatic heterocycles. The molecule has 1 aromatic carbocycles. The molecular formula is C22H28N2O4S. The van der Waals surface area contributed by atoms with Crippen LogP contribution in [0.5, 0.6) is 0 Å². The first-order valence-corrected chi connectivity index (χ1v) is 11.5. The van der Waals surface area contributed by atoms with Crippen LogP contribution in [0.4, 0.5) is 0 Å². The zero-order valence-electron chi connectivity index (χ0n) is 17.0. The van der Waals surface area contributed by atoms with Gasteiger partial charge in [-0.25, -0.2) is 8.42 Å². The van der Waals surface area contributed by atoms with Crippen LogP contribution in [-0.2, 0) is 26.1 Å². The van der Waals surface area contributed by atoms with Crippen molar-refractivity contribution in [2.45, 2.75) is 43.8 Å².